The molecule has 0 aliphatic carbocycles. The molecular formula is C14H15N. The van der Waals surface area contributed by atoms with E-state index in [1.807, 2.05) is 11.4 Å². The summed E-state index contributed by atoms with van der Waals surface area (Å²) in [7, 11) is 3.78. The van der Waals surface area contributed by atoms with Gasteiger partial charge in [0.15, 0.2) is 0 Å². The highest BCUT2D eigenvalue weighted by atomic mass is 14.8. The van der Waals surface area contributed by atoms with Gasteiger partial charge in [-0.1, -0.05) is 42.5 Å². The third kappa shape index (κ3) is 2.67. The molecule has 0 radical (unpaired) electrons. The molecule has 2 aromatic carbocycles. The molecule has 2 rings (SSSR count). The van der Waals surface area contributed by atoms with E-state index in [2.05, 4.69) is 55.6 Å². The van der Waals surface area contributed by atoms with Crippen molar-refractivity contribution < 1.29 is 5.32 Å². The quantitative estimate of drug-likeness (QED) is 0.574. The molecule has 0 saturated heterocycles. The molecule has 1 nitrogen and oxygen atoms in total. The summed E-state index contributed by atoms with van der Waals surface area (Å²) in [6, 6.07) is 19.0. The van der Waals surface area contributed by atoms with Gasteiger partial charge in [-0.25, -0.2) is 0 Å². The van der Waals surface area contributed by atoms with Crippen LogP contribution in [0.5, 0.6) is 0 Å². The summed E-state index contributed by atoms with van der Waals surface area (Å²) in [5.41, 5.74) is 3.86. The van der Waals surface area contributed by atoms with E-state index in [1.165, 1.54) is 16.8 Å². The molecule has 1 heteroatoms. The van der Waals surface area contributed by atoms with Gasteiger partial charge in [-0.05, 0) is 23.6 Å². The second-order valence-corrected chi connectivity index (χ2v) is 3.61. The van der Waals surface area contributed by atoms with E-state index < -0.39 is 0 Å². The predicted molar refractivity (Wildman–Crippen MR) is 62.6 cm³/mol. The van der Waals surface area contributed by atoms with Crippen LogP contribution >= 0.6 is 0 Å². The lowest BCUT2D eigenvalue weighted by Gasteiger charge is -2.04. The first-order chi connectivity index (χ1) is 7.38. The SMILES string of the molecule is [CH2-][NH2+]c1cccc(Cc2ccccc2)c1. The van der Waals surface area contributed by atoms with Crippen molar-refractivity contribution in [3.05, 3.63) is 72.8 Å². The molecule has 0 spiro atoms. The molecule has 76 valence electrons. The largest absolute Gasteiger partial charge is 0.446 e. The van der Waals surface area contributed by atoms with Crippen molar-refractivity contribution in [2.45, 2.75) is 6.42 Å². The summed E-state index contributed by atoms with van der Waals surface area (Å²) in [5.74, 6) is 0. The van der Waals surface area contributed by atoms with Gasteiger partial charge in [0.2, 0.25) is 0 Å². The van der Waals surface area contributed by atoms with Gasteiger partial charge >= 0.3 is 0 Å². The van der Waals surface area contributed by atoms with Crippen molar-refractivity contribution >= 4 is 5.69 Å². The van der Waals surface area contributed by atoms with E-state index in [1.54, 1.807) is 0 Å². The Morgan fingerprint density at radius 3 is 2.33 bits per heavy atom. The number of hydrogen-bond donors (Lipinski definition) is 1. The number of rotatable bonds is 3. The topological polar surface area (TPSA) is 16.6 Å². The standard InChI is InChI=1S/C14H15N/c1-15-14-9-5-8-13(11-14)10-12-6-3-2-4-7-12/h2-9,11H,1,10,15H2. The first-order valence-corrected chi connectivity index (χ1v) is 5.14. The van der Waals surface area contributed by atoms with Crippen molar-refractivity contribution in [1.29, 1.82) is 0 Å². The molecule has 0 aliphatic rings. The minimum absolute atomic E-state index is 0.989. The highest BCUT2D eigenvalue weighted by Gasteiger charge is 1.97. The fraction of sp³-hybridized carbons (Fsp3) is 0.0714. The smallest absolute Gasteiger partial charge is 0.103 e. The van der Waals surface area contributed by atoms with Gasteiger partial charge in [-0.3, -0.25) is 0 Å². The van der Waals surface area contributed by atoms with Crippen molar-refractivity contribution in [1.82, 2.24) is 0 Å². The van der Waals surface area contributed by atoms with Gasteiger partial charge in [0.25, 0.3) is 0 Å². The summed E-state index contributed by atoms with van der Waals surface area (Å²) >= 11 is 0. The summed E-state index contributed by atoms with van der Waals surface area (Å²) in [5, 5.41) is 1.88. The van der Waals surface area contributed by atoms with Crippen molar-refractivity contribution in [2.24, 2.45) is 0 Å². The average molecular weight is 197 g/mol. The van der Waals surface area contributed by atoms with E-state index in [9.17, 15) is 0 Å². The van der Waals surface area contributed by atoms with E-state index in [-0.39, 0.29) is 0 Å². The number of nitrogens with two attached hydrogens (primary N) is 1. The monoisotopic (exact) mass is 197 g/mol. The first-order valence-electron chi connectivity index (χ1n) is 5.14. The fourth-order valence-electron chi connectivity index (χ4n) is 1.66. The Balaban J connectivity index is 2.17. The van der Waals surface area contributed by atoms with Crippen LogP contribution in [-0.2, 0) is 6.42 Å². The van der Waals surface area contributed by atoms with E-state index >= 15 is 0 Å². The van der Waals surface area contributed by atoms with Crippen LogP contribution in [0.15, 0.2) is 54.6 Å². The van der Waals surface area contributed by atoms with Crippen LogP contribution in [-0.4, -0.2) is 0 Å². The number of hydrogen-bond acceptors (Lipinski definition) is 0. The summed E-state index contributed by atoms with van der Waals surface area (Å²) in [6.07, 6.45) is 0.989. The maximum absolute atomic E-state index is 3.78. The normalized spacial score (nSPS) is 10.2. The molecule has 0 fully saturated rings. The molecule has 0 heterocycles. The average Bonchev–Trinajstić information content (AvgIpc) is 2.31. The van der Waals surface area contributed by atoms with Gasteiger partial charge in [-0.15, -0.1) is 7.05 Å². The third-order valence-corrected chi connectivity index (χ3v) is 2.44. The van der Waals surface area contributed by atoms with Gasteiger partial charge < -0.3 is 5.32 Å². The Morgan fingerprint density at radius 1 is 0.867 bits per heavy atom. The zero-order chi connectivity index (χ0) is 10.5. The zero-order valence-electron chi connectivity index (χ0n) is 8.69. The van der Waals surface area contributed by atoms with E-state index in [4.69, 9.17) is 0 Å². The zero-order valence-corrected chi connectivity index (χ0v) is 8.69. The van der Waals surface area contributed by atoms with Gasteiger partial charge in [-0.2, -0.15) is 0 Å². The van der Waals surface area contributed by atoms with Crippen LogP contribution in [0.4, 0.5) is 5.69 Å². The molecule has 2 N–H and O–H groups in total. The Labute approximate surface area is 90.8 Å². The highest BCUT2D eigenvalue weighted by molar-refractivity contribution is 5.36. The summed E-state index contributed by atoms with van der Waals surface area (Å²) < 4.78 is 0. The van der Waals surface area contributed by atoms with E-state index in [0.717, 1.165) is 6.42 Å². The molecule has 0 bridgehead atoms. The fourth-order valence-corrected chi connectivity index (χ4v) is 1.66. The molecule has 0 saturated carbocycles. The minimum Gasteiger partial charge on any atom is -0.446 e. The van der Waals surface area contributed by atoms with Crippen LogP contribution in [0.25, 0.3) is 0 Å². The van der Waals surface area contributed by atoms with Gasteiger partial charge in [0.1, 0.15) is 5.69 Å². The molecule has 0 atom stereocenters. The Kier molecular flexibility index (Phi) is 3.15. The lowest BCUT2D eigenvalue weighted by atomic mass is 10.0. The van der Waals surface area contributed by atoms with Crippen LogP contribution in [0, 0.1) is 7.05 Å². The predicted octanol–water partition coefficient (Wildman–Crippen LogP) is 2.26. The van der Waals surface area contributed by atoms with Crippen LogP contribution in [0.2, 0.25) is 0 Å². The molecule has 0 amide bonds. The van der Waals surface area contributed by atoms with Crippen LogP contribution in [0.1, 0.15) is 11.1 Å². The van der Waals surface area contributed by atoms with Gasteiger partial charge in [0, 0.05) is 6.07 Å². The van der Waals surface area contributed by atoms with Crippen LogP contribution < -0.4 is 5.32 Å². The molecule has 0 aromatic heterocycles. The number of benzene rings is 2. The third-order valence-electron chi connectivity index (χ3n) is 2.44. The van der Waals surface area contributed by atoms with E-state index in [0.29, 0.717) is 0 Å². The number of quaternary nitrogens is 1. The summed E-state index contributed by atoms with van der Waals surface area (Å²) in [4.78, 5) is 0. The molecule has 0 aliphatic heterocycles. The Bertz CT molecular complexity index is 420. The van der Waals surface area contributed by atoms with Gasteiger partial charge in [0.05, 0.1) is 0 Å². The Morgan fingerprint density at radius 2 is 1.60 bits per heavy atom. The second kappa shape index (κ2) is 4.76. The highest BCUT2D eigenvalue weighted by Crippen LogP contribution is 2.11. The van der Waals surface area contributed by atoms with Crippen molar-refractivity contribution in [2.75, 3.05) is 0 Å². The van der Waals surface area contributed by atoms with Crippen molar-refractivity contribution in [3.63, 3.8) is 0 Å². The molecule has 15 heavy (non-hydrogen) atoms. The molecular weight excluding hydrogens is 182 g/mol. The van der Waals surface area contributed by atoms with Crippen molar-refractivity contribution in [3.8, 4) is 0 Å². The maximum atomic E-state index is 3.78. The Hall–Kier alpha value is -1.60. The second-order valence-electron chi connectivity index (χ2n) is 3.61. The lowest BCUT2D eigenvalue weighted by molar-refractivity contribution is -0.504. The maximum Gasteiger partial charge on any atom is 0.103 e. The first kappa shape index (κ1) is 9.94. The molecule has 2 aromatic rings. The molecule has 0 unspecified atom stereocenters. The van der Waals surface area contributed by atoms with Crippen LogP contribution in [0.3, 0.4) is 0 Å². The lowest BCUT2D eigenvalue weighted by Crippen LogP contribution is -2.69. The minimum atomic E-state index is 0.989. The summed E-state index contributed by atoms with van der Waals surface area (Å²) in [6.45, 7) is 0.